The van der Waals surface area contributed by atoms with Crippen LogP contribution in [0.2, 0.25) is 5.02 Å². The molecular weight excluding hydrogens is 348 g/mol. The van der Waals surface area contributed by atoms with Crippen LogP contribution in [0.5, 0.6) is 5.75 Å². The Labute approximate surface area is 160 Å². The van der Waals surface area contributed by atoms with Gasteiger partial charge in [0.15, 0.2) is 0 Å². The Morgan fingerprint density at radius 2 is 1.88 bits per heavy atom. The molecule has 2 aromatic carbocycles. The van der Waals surface area contributed by atoms with Crippen LogP contribution in [0.15, 0.2) is 48.5 Å². The molecule has 3 rings (SSSR count). The molecule has 1 aliphatic heterocycles. The first-order chi connectivity index (χ1) is 12.7. The topological polar surface area (TPSA) is 35.9 Å². The minimum Gasteiger partial charge on any atom is -0.497 e. The van der Waals surface area contributed by atoms with Gasteiger partial charge in [-0.1, -0.05) is 35.9 Å². The molecule has 1 aliphatic rings. The van der Waals surface area contributed by atoms with Crippen LogP contribution in [0.25, 0.3) is 0 Å². The fraction of sp³-hybridized carbons (Fsp3) is 0.429. The van der Waals surface area contributed by atoms with Gasteiger partial charge in [0.1, 0.15) is 5.75 Å². The van der Waals surface area contributed by atoms with Crippen LogP contribution in [0.3, 0.4) is 0 Å². The number of nitrogens with zero attached hydrogens (tertiary/aromatic N) is 2. The van der Waals surface area contributed by atoms with Gasteiger partial charge < -0.3 is 9.84 Å². The highest BCUT2D eigenvalue weighted by atomic mass is 35.5. The summed E-state index contributed by atoms with van der Waals surface area (Å²) in [5.41, 5.74) is 2.52. The molecule has 26 heavy (non-hydrogen) atoms. The molecule has 1 saturated heterocycles. The van der Waals surface area contributed by atoms with Crippen molar-refractivity contribution < 1.29 is 9.84 Å². The molecule has 0 amide bonds. The Balaban J connectivity index is 1.62. The number of piperazine rings is 1. The minimum absolute atomic E-state index is 0.216. The molecule has 1 N–H and O–H groups in total. The first-order valence-corrected chi connectivity index (χ1v) is 9.50. The van der Waals surface area contributed by atoms with E-state index >= 15 is 0 Å². The third kappa shape index (κ3) is 5.21. The van der Waals surface area contributed by atoms with Crippen LogP contribution in [0, 0.1) is 0 Å². The summed E-state index contributed by atoms with van der Waals surface area (Å²) in [7, 11) is 1.70. The van der Waals surface area contributed by atoms with E-state index in [1.807, 2.05) is 24.3 Å². The summed E-state index contributed by atoms with van der Waals surface area (Å²) in [5, 5.41) is 10.3. The highest BCUT2D eigenvalue weighted by molar-refractivity contribution is 6.30. The van der Waals surface area contributed by atoms with E-state index in [4.69, 9.17) is 16.3 Å². The Morgan fingerprint density at radius 1 is 1.08 bits per heavy atom. The van der Waals surface area contributed by atoms with E-state index in [0.29, 0.717) is 6.04 Å². The second-order valence-corrected chi connectivity index (χ2v) is 7.29. The van der Waals surface area contributed by atoms with Crippen molar-refractivity contribution >= 4 is 11.6 Å². The van der Waals surface area contributed by atoms with Crippen molar-refractivity contribution in [2.24, 2.45) is 0 Å². The normalized spacial score (nSPS) is 18.8. The maximum absolute atomic E-state index is 9.51. The number of ether oxygens (including phenoxy) is 1. The van der Waals surface area contributed by atoms with E-state index in [0.717, 1.165) is 49.9 Å². The quantitative estimate of drug-likeness (QED) is 0.805. The fourth-order valence-corrected chi connectivity index (χ4v) is 3.71. The van der Waals surface area contributed by atoms with Gasteiger partial charge >= 0.3 is 0 Å². The highest BCUT2D eigenvalue weighted by Gasteiger charge is 2.26. The number of halogens is 1. The van der Waals surface area contributed by atoms with Crippen LogP contribution < -0.4 is 4.74 Å². The van der Waals surface area contributed by atoms with Crippen molar-refractivity contribution in [2.75, 3.05) is 33.4 Å². The standard InChI is InChI=1S/C21H27ClN2O2/c1-26-21-4-2-3-18(13-21)15-24-11-10-23(16-20(24)9-12-25)14-17-5-7-19(22)8-6-17/h2-8,13,20,25H,9-12,14-16H2,1H3. The molecule has 0 radical (unpaired) electrons. The zero-order valence-electron chi connectivity index (χ0n) is 15.3. The first-order valence-electron chi connectivity index (χ1n) is 9.12. The van der Waals surface area contributed by atoms with Gasteiger partial charge in [0.25, 0.3) is 0 Å². The van der Waals surface area contributed by atoms with Gasteiger partial charge in [-0.25, -0.2) is 0 Å². The average molecular weight is 375 g/mol. The lowest BCUT2D eigenvalue weighted by Crippen LogP contribution is -2.52. The predicted molar refractivity (Wildman–Crippen MR) is 106 cm³/mol. The van der Waals surface area contributed by atoms with Crippen molar-refractivity contribution in [3.63, 3.8) is 0 Å². The van der Waals surface area contributed by atoms with Crippen LogP contribution in [0.4, 0.5) is 0 Å². The van der Waals surface area contributed by atoms with E-state index < -0.39 is 0 Å². The lowest BCUT2D eigenvalue weighted by Gasteiger charge is -2.41. The van der Waals surface area contributed by atoms with Gasteiger partial charge in [-0.15, -0.1) is 0 Å². The van der Waals surface area contributed by atoms with Gasteiger partial charge in [-0.2, -0.15) is 0 Å². The predicted octanol–water partition coefficient (Wildman–Crippen LogP) is 3.42. The highest BCUT2D eigenvalue weighted by Crippen LogP contribution is 2.21. The number of hydrogen-bond donors (Lipinski definition) is 1. The van der Waals surface area contributed by atoms with Crippen LogP contribution in [0.1, 0.15) is 17.5 Å². The Kier molecular flexibility index (Phi) is 6.92. The van der Waals surface area contributed by atoms with Crippen LogP contribution in [-0.2, 0) is 13.1 Å². The zero-order chi connectivity index (χ0) is 18.4. The van der Waals surface area contributed by atoms with Crippen LogP contribution >= 0.6 is 11.6 Å². The van der Waals surface area contributed by atoms with E-state index in [9.17, 15) is 5.11 Å². The summed E-state index contributed by atoms with van der Waals surface area (Å²) in [6, 6.07) is 16.7. The fourth-order valence-electron chi connectivity index (χ4n) is 3.59. The number of rotatable bonds is 7. The molecule has 0 aliphatic carbocycles. The molecule has 0 spiro atoms. The van der Waals surface area contributed by atoms with E-state index in [1.165, 1.54) is 11.1 Å². The zero-order valence-corrected chi connectivity index (χ0v) is 16.0. The molecule has 1 atom stereocenters. The number of aliphatic hydroxyl groups excluding tert-OH is 1. The minimum atomic E-state index is 0.216. The number of benzene rings is 2. The molecular formula is C21H27ClN2O2. The van der Waals surface area contributed by atoms with Gasteiger partial charge in [0.2, 0.25) is 0 Å². The number of aliphatic hydroxyl groups is 1. The Hall–Kier alpha value is -1.59. The third-order valence-corrected chi connectivity index (χ3v) is 5.24. The lowest BCUT2D eigenvalue weighted by atomic mass is 10.1. The average Bonchev–Trinajstić information content (AvgIpc) is 2.66. The summed E-state index contributed by atoms with van der Waals surface area (Å²) in [4.78, 5) is 4.94. The monoisotopic (exact) mass is 374 g/mol. The van der Waals surface area contributed by atoms with Crippen molar-refractivity contribution in [1.82, 2.24) is 9.80 Å². The molecule has 1 unspecified atom stereocenters. The van der Waals surface area contributed by atoms with Crippen molar-refractivity contribution in [1.29, 1.82) is 0 Å². The molecule has 0 saturated carbocycles. The molecule has 5 heteroatoms. The second kappa shape index (κ2) is 9.38. The Morgan fingerprint density at radius 3 is 2.62 bits per heavy atom. The smallest absolute Gasteiger partial charge is 0.119 e. The Bertz CT molecular complexity index is 693. The maximum Gasteiger partial charge on any atom is 0.119 e. The van der Waals surface area contributed by atoms with Crippen molar-refractivity contribution in [3.8, 4) is 5.75 Å². The van der Waals surface area contributed by atoms with Crippen LogP contribution in [-0.4, -0.2) is 54.3 Å². The molecule has 1 heterocycles. The van der Waals surface area contributed by atoms with E-state index in [2.05, 4.69) is 34.1 Å². The molecule has 140 valence electrons. The van der Waals surface area contributed by atoms with Crippen molar-refractivity contribution in [2.45, 2.75) is 25.6 Å². The summed E-state index contributed by atoms with van der Waals surface area (Å²) in [6.07, 6.45) is 0.793. The molecule has 2 aromatic rings. The lowest BCUT2D eigenvalue weighted by molar-refractivity contribution is 0.0499. The van der Waals surface area contributed by atoms with Gasteiger partial charge in [-0.05, 0) is 41.8 Å². The molecule has 0 bridgehead atoms. The van der Waals surface area contributed by atoms with E-state index in [1.54, 1.807) is 7.11 Å². The molecule has 1 fully saturated rings. The summed E-state index contributed by atoms with van der Waals surface area (Å²) < 4.78 is 5.33. The third-order valence-electron chi connectivity index (χ3n) is 4.99. The van der Waals surface area contributed by atoms with E-state index in [-0.39, 0.29) is 6.61 Å². The first kappa shape index (κ1) is 19.2. The van der Waals surface area contributed by atoms with Gasteiger partial charge in [0.05, 0.1) is 7.11 Å². The maximum atomic E-state index is 9.51. The largest absolute Gasteiger partial charge is 0.497 e. The molecule has 0 aromatic heterocycles. The van der Waals surface area contributed by atoms with Gasteiger partial charge in [0, 0.05) is 50.4 Å². The number of methoxy groups -OCH3 is 1. The van der Waals surface area contributed by atoms with Gasteiger partial charge in [-0.3, -0.25) is 9.80 Å². The summed E-state index contributed by atoms with van der Waals surface area (Å²) in [5.74, 6) is 0.891. The second-order valence-electron chi connectivity index (χ2n) is 6.85. The molecule has 4 nitrogen and oxygen atoms in total. The summed E-state index contributed by atoms with van der Waals surface area (Å²) >= 11 is 5.98. The summed E-state index contributed by atoms with van der Waals surface area (Å²) in [6.45, 7) is 5.01. The van der Waals surface area contributed by atoms with Crippen molar-refractivity contribution in [3.05, 3.63) is 64.7 Å². The SMILES string of the molecule is COc1cccc(CN2CCN(Cc3ccc(Cl)cc3)CC2CCO)c1. The number of hydrogen-bond acceptors (Lipinski definition) is 4.